The van der Waals surface area contributed by atoms with Crippen molar-refractivity contribution in [1.29, 1.82) is 0 Å². The van der Waals surface area contributed by atoms with Crippen molar-refractivity contribution >= 4 is 11.8 Å². The molecule has 8 heteroatoms. The van der Waals surface area contributed by atoms with Gasteiger partial charge in [0.25, 0.3) is 0 Å². The van der Waals surface area contributed by atoms with E-state index in [1.165, 1.54) is 0 Å². The van der Waals surface area contributed by atoms with Crippen LogP contribution < -0.4 is 11.5 Å². The number of alkyl halides is 3. The van der Waals surface area contributed by atoms with Gasteiger partial charge in [-0.2, -0.15) is 13.2 Å². The van der Waals surface area contributed by atoms with E-state index < -0.39 is 18.2 Å². The van der Waals surface area contributed by atoms with Gasteiger partial charge in [-0.05, 0) is 12.0 Å². The number of carbonyl (C=O) groups excluding carboxylic acids is 1. The average Bonchev–Trinajstić information content (AvgIpc) is 2.38. The predicted molar refractivity (Wildman–Crippen MR) is 65.9 cm³/mol. The van der Waals surface area contributed by atoms with Crippen molar-refractivity contribution in [3.05, 3.63) is 35.9 Å². The molecule has 0 radical (unpaired) electrons. The second-order valence-electron chi connectivity index (χ2n) is 3.77. The first-order valence-corrected chi connectivity index (χ1v) is 5.51. The van der Waals surface area contributed by atoms with Gasteiger partial charge < -0.3 is 16.6 Å². The van der Waals surface area contributed by atoms with Gasteiger partial charge in [-0.1, -0.05) is 30.3 Å². The van der Waals surface area contributed by atoms with Crippen molar-refractivity contribution in [2.75, 3.05) is 6.54 Å². The summed E-state index contributed by atoms with van der Waals surface area (Å²) in [6.45, 7) is 0.0218. The maximum absolute atomic E-state index is 11.1. The number of halogens is 3. The van der Waals surface area contributed by atoms with Gasteiger partial charge in [-0.3, -0.25) is 4.79 Å². The minimum Gasteiger partial charge on any atom is -0.475 e. The van der Waals surface area contributed by atoms with E-state index in [0.29, 0.717) is 6.42 Å². The zero-order valence-electron chi connectivity index (χ0n) is 10.4. The SMILES string of the molecule is NCC(=O)[C@@H](N)Cc1ccccc1.O=C(O)C(F)(F)F. The van der Waals surface area contributed by atoms with Crippen LogP contribution in [0.1, 0.15) is 5.56 Å². The molecule has 20 heavy (non-hydrogen) atoms. The van der Waals surface area contributed by atoms with Crippen LogP contribution in [0.2, 0.25) is 0 Å². The van der Waals surface area contributed by atoms with Crippen molar-refractivity contribution in [2.24, 2.45) is 11.5 Å². The lowest BCUT2D eigenvalue weighted by molar-refractivity contribution is -0.192. The van der Waals surface area contributed by atoms with Crippen LogP contribution in [0.3, 0.4) is 0 Å². The van der Waals surface area contributed by atoms with Gasteiger partial charge in [-0.15, -0.1) is 0 Å². The van der Waals surface area contributed by atoms with E-state index in [1.54, 1.807) is 0 Å². The van der Waals surface area contributed by atoms with Crippen molar-refractivity contribution < 1.29 is 27.9 Å². The number of ketones is 1. The summed E-state index contributed by atoms with van der Waals surface area (Å²) in [6, 6.07) is 9.21. The normalized spacial score (nSPS) is 12.1. The fourth-order valence-corrected chi connectivity index (χ4v) is 1.13. The molecule has 0 saturated heterocycles. The van der Waals surface area contributed by atoms with Gasteiger partial charge in [-0.25, -0.2) is 4.79 Å². The number of carboxylic acids is 1. The molecule has 0 amide bonds. The van der Waals surface area contributed by atoms with Gasteiger partial charge in [0, 0.05) is 0 Å². The molecule has 0 aliphatic rings. The Morgan fingerprint density at radius 1 is 1.20 bits per heavy atom. The first-order valence-electron chi connectivity index (χ1n) is 5.51. The van der Waals surface area contributed by atoms with Crippen molar-refractivity contribution in [2.45, 2.75) is 18.6 Å². The summed E-state index contributed by atoms with van der Waals surface area (Å²) in [4.78, 5) is 20.0. The molecular weight excluding hydrogens is 277 g/mol. The quantitative estimate of drug-likeness (QED) is 0.758. The lowest BCUT2D eigenvalue weighted by Crippen LogP contribution is -2.37. The monoisotopic (exact) mass is 292 g/mol. The highest BCUT2D eigenvalue weighted by molar-refractivity contribution is 5.85. The van der Waals surface area contributed by atoms with E-state index in [-0.39, 0.29) is 12.3 Å². The second-order valence-corrected chi connectivity index (χ2v) is 3.77. The van der Waals surface area contributed by atoms with Crippen molar-refractivity contribution in [1.82, 2.24) is 0 Å². The Kier molecular flexibility index (Phi) is 7.48. The van der Waals surface area contributed by atoms with E-state index in [1.807, 2.05) is 30.3 Å². The topological polar surface area (TPSA) is 106 Å². The van der Waals surface area contributed by atoms with E-state index in [2.05, 4.69) is 0 Å². The molecule has 1 aromatic carbocycles. The van der Waals surface area contributed by atoms with E-state index in [9.17, 15) is 18.0 Å². The summed E-state index contributed by atoms with van der Waals surface area (Å²) >= 11 is 0. The van der Waals surface area contributed by atoms with Crippen LogP contribution in [-0.2, 0) is 16.0 Å². The highest BCUT2D eigenvalue weighted by Gasteiger charge is 2.38. The molecule has 0 bridgehead atoms. The zero-order chi connectivity index (χ0) is 15.8. The third-order valence-corrected chi connectivity index (χ3v) is 2.16. The van der Waals surface area contributed by atoms with Crippen LogP contribution >= 0.6 is 0 Å². The summed E-state index contributed by atoms with van der Waals surface area (Å²) in [5, 5.41) is 7.12. The largest absolute Gasteiger partial charge is 0.490 e. The Labute approximate surface area is 113 Å². The van der Waals surface area contributed by atoms with Crippen LogP contribution in [0.5, 0.6) is 0 Å². The first-order chi connectivity index (χ1) is 9.18. The zero-order valence-corrected chi connectivity index (χ0v) is 10.4. The Hall–Kier alpha value is -1.93. The van der Waals surface area contributed by atoms with Gasteiger partial charge in [0.15, 0.2) is 5.78 Å². The Bertz CT molecular complexity index is 435. The number of hydrogen-bond acceptors (Lipinski definition) is 4. The number of carboxylic acid groups (broad SMARTS) is 1. The van der Waals surface area contributed by atoms with Gasteiger partial charge >= 0.3 is 12.1 Å². The summed E-state index contributed by atoms with van der Waals surface area (Å²) < 4.78 is 31.7. The van der Waals surface area contributed by atoms with Crippen LogP contribution in [0.15, 0.2) is 30.3 Å². The molecule has 1 atom stereocenters. The molecule has 112 valence electrons. The molecule has 5 N–H and O–H groups in total. The number of benzene rings is 1. The average molecular weight is 292 g/mol. The Morgan fingerprint density at radius 2 is 1.65 bits per heavy atom. The fraction of sp³-hybridized carbons (Fsp3) is 0.333. The lowest BCUT2D eigenvalue weighted by atomic mass is 10.0. The molecule has 1 aromatic rings. The number of aliphatic carboxylic acids is 1. The second kappa shape index (κ2) is 8.28. The molecule has 0 aromatic heterocycles. The van der Waals surface area contributed by atoms with Gasteiger partial charge in [0.2, 0.25) is 0 Å². The van der Waals surface area contributed by atoms with Crippen LogP contribution in [-0.4, -0.2) is 35.6 Å². The first kappa shape index (κ1) is 18.1. The van der Waals surface area contributed by atoms with Crippen molar-refractivity contribution in [3.63, 3.8) is 0 Å². The number of rotatable bonds is 4. The third-order valence-electron chi connectivity index (χ3n) is 2.16. The smallest absolute Gasteiger partial charge is 0.475 e. The van der Waals surface area contributed by atoms with Crippen LogP contribution in [0, 0.1) is 0 Å². The molecule has 1 rings (SSSR count). The predicted octanol–water partition coefficient (Wildman–Crippen LogP) is 0.718. The van der Waals surface area contributed by atoms with Crippen LogP contribution in [0.25, 0.3) is 0 Å². The maximum atomic E-state index is 11.1. The molecule has 5 nitrogen and oxygen atoms in total. The minimum atomic E-state index is -5.08. The molecule has 0 heterocycles. The highest BCUT2D eigenvalue weighted by Crippen LogP contribution is 2.13. The Balaban J connectivity index is 0.000000441. The number of hydrogen-bond donors (Lipinski definition) is 3. The Morgan fingerprint density at radius 3 is 2.00 bits per heavy atom. The van der Waals surface area contributed by atoms with Crippen molar-refractivity contribution in [3.8, 4) is 0 Å². The number of Topliss-reactive ketones (excluding diaryl/α,β-unsaturated/α-hetero) is 1. The van der Waals surface area contributed by atoms with E-state index in [0.717, 1.165) is 5.56 Å². The van der Waals surface area contributed by atoms with Gasteiger partial charge in [0.1, 0.15) is 0 Å². The standard InChI is InChI=1S/C10H14N2O.C2HF3O2/c11-7-10(13)9(12)6-8-4-2-1-3-5-8;3-2(4,5)1(6)7/h1-5,9H,6-7,11-12H2;(H,6,7)/t9-;/m0./s1. The molecule has 0 fully saturated rings. The molecule has 0 saturated carbocycles. The molecule has 0 aliphatic carbocycles. The number of nitrogens with two attached hydrogens (primary N) is 2. The molecular formula is C12H15F3N2O3. The summed E-state index contributed by atoms with van der Waals surface area (Å²) in [5.74, 6) is -2.85. The minimum absolute atomic E-state index is 0.0218. The third kappa shape index (κ3) is 7.49. The summed E-state index contributed by atoms with van der Waals surface area (Å²) in [5.41, 5.74) is 11.9. The van der Waals surface area contributed by atoms with Gasteiger partial charge in [0.05, 0.1) is 12.6 Å². The molecule has 0 spiro atoms. The van der Waals surface area contributed by atoms with E-state index >= 15 is 0 Å². The van der Waals surface area contributed by atoms with Crippen LogP contribution in [0.4, 0.5) is 13.2 Å². The fourth-order valence-electron chi connectivity index (χ4n) is 1.13. The molecule has 0 unspecified atom stereocenters. The van der Waals surface area contributed by atoms with E-state index in [4.69, 9.17) is 21.4 Å². The number of carbonyl (C=O) groups is 2. The summed E-state index contributed by atoms with van der Waals surface area (Å²) in [7, 11) is 0. The summed E-state index contributed by atoms with van der Waals surface area (Å²) in [6.07, 6.45) is -4.52. The lowest BCUT2D eigenvalue weighted by Gasteiger charge is -2.08. The molecule has 0 aliphatic heterocycles. The maximum Gasteiger partial charge on any atom is 0.490 e. The highest BCUT2D eigenvalue weighted by atomic mass is 19.4.